The lowest BCUT2D eigenvalue weighted by Crippen LogP contribution is -2.47. The SMILES string of the molecule is CCC(CC)(CO)NCc1ccn[nH]1. The molecular weight excluding hydrogens is 178 g/mol. The summed E-state index contributed by atoms with van der Waals surface area (Å²) in [4.78, 5) is 0. The lowest BCUT2D eigenvalue weighted by atomic mass is 9.94. The fraction of sp³-hybridized carbons (Fsp3) is 0.700. The van der Waals surface area contributed by atoms with E-state index in [4.69, 9.17) is 0 Å². The lowest BCUT2D eigenvalue weighted by Gasteiger charge is -2.30. The van der Waals surface area contributed by atoms with Crippen molar-refractivity contribution in [2.75, 3.05) is 6.61 Å². The maximum Gasteiger partial charge on any atom is 0.0613 e. The molecule has 0 radical (unpaired) electrons. The molecule has 4 nitrogen and oxygen atoms in total. The summed E-state index contributed by atoms with van der Waals surface area (Å²) >= 11 is 0. The predicted octanol–water partition coefficient (Wildman–Crippen LogP) is 1.05. The Morgan fingerprint density at radius 2 is 2.21 bits per heavy atom. The maximum atomic E-state index is 9.32. The average molecular weight is 197 g/mol. The molecule has 1 aromatic rings. The number of nitrogens with zero attached hydrogens (tertiary/aromatic N) is 1. The first kappa shape index (κ1) is 11.2. The van der Waals surface area contributed by atoms with Crippen LogP contribution in [-0.4, -0.2) is 27.4 Å². The van der Waals surface area contributed by atoms with Crippen LogP contribution in [0, 0.1) is 0 Å². The summed E-state index contributed by atoms with van der Waals surface area (Å²) in [7, 11) is 0. The van der Waals surface area contributed by atoms with Crippen LogP contribution in [0.3, 0.4) is 0 Å². The van der Waals surface area contributed by atoms with Crippen molar-refractivity contribution < 1.29 is 5.11 Å². The van der Waals surface area contributed by atoms with Gasteiger partial charge in [0.25, 0.3) is 0 Å². The van der Waals surface area contributed by atoms with E-state index in [-0.39, 0.29) is 12.1 Å². The second-order valence-corrected chi connectivity index (χ2v) is 3.58. The van der Waals surface area contributed by atoms with Gasteiger partial charge in [-0.2, -0.15) is 5.10 Å². The largest absolute Gasteiger partial charge is 0.394 e. The monoisotopic (exact) mass is 197 g/mol. The number of H-pyrrole nitrogens is 1. The summed E-state index contributed by atoms with van der Waals surface area (Å²) in [5.41, 5.74) is 0.898. The number of aromatic amines is 1. The molecule has 4 heteroatoms. The van der Waals surface area contributed by atoms with Crippen molar-refractivity contribution >= 4 is 0 Å². The summed E-state index contributed by atoms with van der Waals surface area (Å²) in [5, 5.41) is 19.4. The van der Waals surface area contributed by atoms with Crippen molar-refractivity contribution in [2.45, 2.75) is 38.8 Å². The lowest BCUT2D eigenvalue weighted by molar-refractivity contribution is 0.149. The second-order valence-electron chi connectivity index (χ2n) is 3.58. The highest BCUT2D eigenvalue weighted by Gasteiger charge is 2.23. The first-order valence-corrected chi connectivity index (χ1v) is 5.10. The third-order valence-corrected chi connectivity index (χ3v) is 2.87. The van der Waals surface area contributed by atoms with Gasteiger partial charge in [0.1, 0.15) is 0 Å². The minimum atomic E-state index is -0.148. The number of aliphatic hydroxyl groups excluding tert-OH is 1. The first-order valence-electron chi connectivity index (χ1n) is 5.10. The molecule has 1 heterocycles. The molecule has 3 N–H and O–H groups in total. The average Bonchev–Trinajstić information content (AvgIpc) is 2.74. The molecule has 0 atom stereocenters. The van der Waals surface area contributed by atoms with Crippen LogP contribution in [0.1, 0.15) is 32.4 Å². The number of nitrogens with one attached hydrogen (secondary N) is 2. The Kier molecular flexibility index (Phi) is 4.10. The molecule has 0 aliphatic carbocycles. The number of hydrogen-bond donors (Lipinski definition) is 3. The van der Waals surface area contributed by atoms with Crippen LogP contribution in [0.25, 0.3) is 0 Å². The molecule has 0 spiro atoms. The molecule has 0 aliphatic heterocycles. The van der Waals surface area contributed by atoms with E-state index >= 15 is 0 Å². The van der Waals surface area contributed by atoms with Crippen LogP contribution in [-0.2, 0) is 6.54 Å². The van der Waals surface area contributed by atoms with Crippen molar-refractivity contribution in [3.8, 4) is 0 Å². The highest BCUT2D eigenvalue weighted by atomic mass is 16.3. The smallest absolute Gasteiger partial charge is 0.0613 e. The first-order chi connectivity index (χ1) is 6.76. The van der Waals surface area contributed by atoms with Gasteiger partial charge in [-0.1, -0.05) is 13.8 Å². The number of aromatic nitrogens is 2. The Balaban J connectivity index is 2.48. The van der Waals surface area contributed by atoms with Crippen molar-refractivity contribution in [1.82, 2.24) is 15.5 Å². The van der Waals surface area contributed by atoms with E-state index in [0.717, 1.165) is 25.1 Å². The van der Waals surface area contributed by atoms with Gasteiger partial charge in [-0.05, 0) is 18.9 Å². The van der Waals surface area contributed by atoms with Crippen LogP contribution in [0.15, 0.2) is 12.3 Å². The summed E-state index contributed by atoms with van der Waals surface area (Å²) in [6.45, 7) is 5.07. The van der Waals surface area contributed by atoms with E-state index < -0.39 is 0 Å². The Morgan fingerprint density at radius 3 is 2.64 bits per heavy atom. The molecule has 1 rings (SSSR count). The Morgan fingerprint density at radius 1 is 1.50 bits per heavy atom. The van der Waals surface area contributed by atoms with Gasteiger partial charge in [-0.15, -0.1) is 0 Å². The molecule has 0 saturated heterocycles. The van der Waals surface area contributed by atoms with Crippen LogP contribution in [0.4, 0.5) is 0 Å². The third kappa shape index (κ3) is 2.56. The molecule has 0 bridgehead atoms. The van der Waals surface area contributed by atoms with E-state index in [1.165, 1.54) is 0 Å². The molecule has 0 unspecified atom stereocenters. The van der Waals surface area contributed by atoms with E-state index in [1.807, 2.05) is 6.07 Å². The van der Waals surface area contributed by atoms with Gasteiger partial charge in [-0.25, -0.2) is 0 Å². The zero-order valence-electron chi connectivity index (χ0n) is 8.88. The molecule has 14 heavy (non-hydrogen) atoms. The Hall–Kier alpha value is -0.870. The van der Waals surface area contributed by atoms with Gasteiger partial charge in [0.2, 0.25) is 0 Å². The van der Waals surface area contributed by atoms with Crippen molar-refractivity contribution in [1.29, 1.82) is 0 Å². The summed E-state index contributed by atoms with van der Waals surface area (Å²) in [5.74, 6) is 0. The van der Waals surface area contributed by atoms with Crippen LogP contribution >= 0.6 is 0 Å². The zero-order valence-corrected chi connectivity index (χ0v) is 8.88. The van der Waals surface area contributed by atoms with Crippen LogP contribution < -0.4 is 5.32 Å². The number of hydrogen-bond acceptors (Lipinski definition) is 3. The fourth-order valence-corrected chi connectivity index (χ4v) is 1.45. The number of rotatable bonds is 6. The van der Waals surface area contributed by atoms with E-state index in [2.05, 4.69) is 29.4 Å². The molecule has 0 aromatic carbocycles. The van der Waals surface area contributed by atoms with Gasteiger partial charge >= 0.3 is 0 Å². The quantitative estimate of drug-likeness (QED) is 0.639. The highest BCUT2D eigenvalue weighted by molar-refractivity contribution is 4.98. The number of aliphatic hydroxyl groups is 1. The molecule has 0 amide bonds. The molecule has 80 valence electrons. The third-order valence-electron chi connectivity index (χ3n) is 2.87. The molecule has 0 aliphatic rings. The van der Waals surface area contributed by atoms with Gasteiger partial charge in [0.05, 0.1) is 6.61 Å². The molecule has 0 saturated carbocycles. The molecule has 1 aromatic heterocycles. The standard InChI is InChI=1S/C10H19N3O/c1-3-10(4-2,8-14)11-7-9-5-6-12-13-9/h5-6,11,14H,3-4,7-8H2,1-2H3,(H,12,13). The maximum absolute atomic E-state index is 9.32. The zero-order chi connectivity index (χ0) is 10.4. The molecule has 0 fully saturated rings. The summed E-state index contributed by atoms with van der Waals surface area (Å²) < 4.78 is 0. The fourth-order valence-electron chi connectivity index (χ4n) is 1.45. The van der Waals surface area contributed by atoms with Gasteiger partial charge in [0.15, 0.2) is 0 Å². The predicted molar refractivity (Wildman–Crippen MR) is 55.8 cm³/mol. The highest BCUT2D eigenvalue weighted by Crippen LogP contribution is 2.14. The topological polar surface area (TPSA) is 60.9 Å². The van der Waals surface area contributed by atoms with E-state index in [9.17, 15) is 5.11 Å². The van der Waals surface area contributed by atoms with Crippen molar-refractivity contribution in [3.05, 3.63) is 18.0 Å². The second kappa shape index (κ2) is 5.12. The van der Waals surface area contributed by atoms with Crippen molar-refractivity contribution in [2.24, 2.45) is 0 Å². The van der Waals surface area contributed by atoms with Crippen LogP contribution in [0.5, 0.6) is 0 Å². The minimum absolute atomic E-state index is 0.148. The normalized spacial score (nSPS) is 11.9. The van der Waals surface area contributed by atoms with Crippen LogP contribution in [0.2, 0.25) is 0 Å². The van der Waals surface area contributed by atoms with E-state index in [1.54, 1.807) is 6.20 Å². The van der Waals surface area contributed by atoms with Crippen molar-refractivity contribution in [3.63, 3.8) is 0 Å². The Labute approximate surface area is 84.7 Å². The summed E-state index contributed by atoms with van der Waals surface area (Å²) in [6.07, 6.45) is 3.58. The van der Waals surface area contributed by atoms with Gasteiger partial charge < -0.3 is 10.4 Å². The van der Waals surface area contributed by atoms with Gasteiger partial charge in [-0.3, -0.25) is 5.10 Å². The molecular formula is C10H19N3O. The summed E-state index contributed by atoms with van der Waals surface area (Å²) in [6, 6.07) is 1.93. The Bertz CT molecular complexity index is 234. The minimum Gasteiger partial charge on any atom is -0.394 e. The van der Waals surface area contributed by atoms with Gasteiger partial charge in [0, 0.05) is 24.0 Å². The van der Waals surface area contributed by atoms with E-state index in [0.29, 0.717) is 0 Å².